The molecule has 2 rings (SSSR count). The molecule has 17 heavy (non-hydrogen) atoms. The molecule has 0 bridgehead atoms. The first-order valence-corrected chi connectivity index (χ1v) is 5.95. The van der Waals surface area contributed by atoms with Crippen LogP contribution in [0.2, 0.25) is 0 Å². The number of aromatic nitrogens is 1. The molecule has 1 fully saturated rings. The summed E-state index contributed by atoms with van der Waals surface area (Å²) < 4.78 is 5.22. The van der Waals surface area contributed by atoms with Gasteiger partial charge < -0.3 is 14.8 Å². The molecule has 5 nitrogen and oxygen atoms in total. The van der Waals surface area contributed by atoms with Gasteiger partial charge in [-0.15, -0.1) is 0 Å². The molecule has 1 saturated carbocycles. The van der Waals surface area contributed by atoms with E-state index in [4.69, 9.17) is 4.42 Å². The number of nitrogens with one attached hydrogen (secondary N) is 1. The van der Waals surface area contributed by atoms with E-state index in [0.717, 1.165) is 25.7 Å². The largest absolute Gasteiger partial charge is 0.436 e. The standard InChI is InChI=1S/C12H18N2O3/c1-8-10(17-9(2)14-8)11(15)13-7-12(16)5-3-4-6-12/h16H,3-7H2,1-2H3,(H,13,15). The first kappa shape index (κ1) is 12.1. The summed E-state index contributed by atoms with van der Waals surface area (Å²) >= 11 is 0. The number of amides is 1. The molecule has 1 amide bonds. The van der Waals surface area contributed by atoms with Crippen LogP contribution >= 0.6 is 0 Å². The number of hydrogen-bond acceptors (Lipinski definition) is 4. The number of rotatable bonds is 3. The zero-order valence-corrected chi connectivity index (χ0v) is 10.2. The minimum absolute atomic E-state index is 0.240. The number of aryl methyl sites for hydroxylation is 2. The van der Waals surface area contributed by atoms with Crippen LogP contribution in [-0.2, 0) is 0 Å². The fourth-order valence-electron chi connectivity index (χ4n) is 2.28. The fraction of sp³-hybridized carbons (Fsp3) is 0.667. The van der Waals surface area contributed by atoms with E-state index in [1.807, 2.05) is 0 Å². The highest BCUT2D eigenvalue weighted by atomic mass is 16.4. The maximum absolute atomic E-state index is 11.8. The van der Waals surface area contributed by atoms with Crippen molar-refractivity contribution in [2.45, 2.75) is 45.1 Å². The topological polar surface area (TPSA) is 75.4 Å². The summed E-state index contributed by atoms with van der Waals surface area (Å²) in [5, 5.41) is 12.8. The van der Waals surface area contributed by atoms with Gasteiger partial charge in [0.25, 0.3) is 5.91 Å². The van der Waals surface area contributed by atoms with Crippen molar-refractivity contribution in [2.75, 3.05) is 6.54 Å². The van der Waals surface area contributed by atoms with E-state index in [-0.39, 0.29) is 18.2 Å². The number of nitrogens with zero attached hydrogens (tertiary/aromatic N) is 1. The summed E-state index contributed by atoms with van der Waals surface area (Å²) in [4.78, 5) is 15.9. The molecule has 0 radical (unpaired) electrons. The Morgan fingerprint density at radius 1 is 1.47 bits per heavy atom. The van der Waals surface area contributed by atoms with E-state index in [1.54, 1.807) is 13.8 Å². The van der Waals surface area contributed by atoms with Gasteiger partial charge in [0.15, 0.2) is 5.89 Å². The molecule has 1 heterocycles. The Balaban J connectivity index is 1.95. The monoisotopic (exact) mass is 238 g/mol. The molecule has 1 aliphatic carbocycles. The second-order valence-corrected chi connectivity index (χ2v) is 4.76. The lowest BCUT2D eigenvalue weighted by Gasteiger charge is -2.21. The highest BCUT2D eigenvalue weighted by Crippen LogP contribution is 2.28. The smallest absolute Gasteiger partial charge is 0.289 e. The van der Waals surface area contributed by atoms with Gasteiger partial charge in [-0.05, 0) is 19.8 Å². The Morgan fingerprint density at radius 3 is 2.65 bits per heavy atom. The highest BCUT2D eigenvalue weighted by Gasteiger charge is 2.31. The minimum atomic E-state index is -0.737. The van der Waals surface area contributed by atoms with Crippen LogP contribution in [0.4, 0.5) is 0 Å². The summed E-state index contributed by atoms with van der Waals surface area (Å²) in [6, 6.07) is 0. The van der Waals surface area contributed by atoms with E-state index in [9.17, 15) is 9.90 Å². The molecule has 1 aromatic heterocycles. The molecule has 0 saturated heterocycles. The van der Waals surface area contributed by atoms with Crippen LogP contribution < -0.4 is 5.32 Å². The van der Waals surface area contributed by atoms with Crippen molar-refractivity contribution in [3.63, 3.8) is 0 Å². The summed E-state index contributed by atoms with van der Waals surface area (Å²) in [7, 11) is 0. The Morgan fingerprint density at radius 2 is 2.12 bits per heavy atom. The average molecular weight is 238 g/mol. The lowest BCUT2D eigenvalue weighted by molar-refractivity contribution is 0.0443. The molecule has 5 heteroatoms. The first-order chi connectivity index (χ1) is 8.00. The van der Waals surface area contributed by atoms with Crippen molar-refractivity contribution in [3.8, 4) is 0 Å². The maximum Gasteiger partial charge on any atom is 0.289 e. The third-order valence-electron chi connectivity index (χ3n) is 3.22. The fourth-order valence-corrected chi connectivity index (χ4v) is 2.28. The third-order valence-corrected chi connectivity index (χ3v) is 3.22. The minimum Gasteiger partial charge on any atom is -0.436 e. The maximum atomic E-state index is 11.8. The van der Waals surface area contributed by atoms with E-state index in [1.165, 1.54) is 0 Å². The van der Waals surface area contributed by atoms with Crippen LogP contribution in [0.1, 0.15) is 47.8 Å². The summed E-state index contributed by atoms with van der Waals surface area (Å²) in [5.74, 6) is 0.416. The lowest BCUT2D eigenvalue weighted by Crippen LogP contribution is -2.40. The molecule has 0 aromatic carbocycles. The van der Waals surface area contributed by atoms with Gasteiger partial charge >= 0.3 is 0 Å². The van der Waals surface area contributed by atoms with E-state index < -0.39 is 5.60 Å². The average Bonchev–Trinajstić information content (AvgIpc) is 2.83. The Kier molecular flexibility index (Phi) is 3.19. The van der Waals surface area contributed by atoms with E-state index in [2.05, 4.69) is 10.3 Å². The zero-order chi connectivity index (χ0) is 12.5. The van der Waals surface area contributed by atoms with Crippen LogP contribution in [0.3, 0.4) is 0 Å². The van der Waals surface area contributed by atoms with Crippen molar-refractivity contribution < 1.29 is 14.3 Å². The summed E-state index contributed by atoms with van der Waals surface area (Å²) in [5.41, 5.74) is -0.156. The van der Waals surface area contributed by atoms with Crippen molar-refractivity contribution in [1.82, 2.24) is 10.3 Å². The van der Waals surface area contributed by atoms with Crippen LogP contribution in [0, 0.1) is 13.8 Å². The number of hydrogen-bond donors (Lipinski definition) is 2. The number of oxazole rings is 1. The Hall–Kier alpha value is -1.36. The molecule has 2 N–H and O–H groups in total. The van der Waals surface area contributed by atoms with Gasteiger partial charge in [-0.1, -0.05) is 12.8 Å². The van der Waals surface area contributed by atoms with Gasteiger partial charge in [-0.2, -0.15) is 0 Å². The third kappa shape index (κ3) is 2.66. The first-order valence-electron chi connectivity index (χ1n) is 5.95. The number of carbonyl (C=O) groups is 1. The summed E-state index contributed by atoms with van der Waals surface area (Å²) in [6.07, 6.45) is 3.54. The molecule has 0 spiro atoms. The van der Waals surface area contributed by atoms with Crippen molar-refractivity contribution in [3.05, 3.63) is 17.3 Å². The molecule has 1 aliphatic rings. The molecular formula is C12H18N2O3. The molecule has 0 aliphatic heterocycles. The quantitative estimate of drug-likeness (QED) is 0.833. The molecule has 1 aromatic rings. The van der Waals surface area contributed by atoms with Crippen molar-refractivity contribution >= 4 is 5.91 Å². The van der Waals surface area contributed by atoms with Crippen LogP contribution in [0.5, 0.6) is 0 Å². The summed E-state index contributed by atoms with van der Waals surface area (Å²) in [6.45, 7) is 3.72. The Bertz CT molecular complexity index is 419. The van der Waals surface area contributed by atoms with Crippen LogP contribution in [-0.4, -0.2) is 28.1 Å². The van der Waals surface area contributed by atoms with Gasteiger partial charge in [0.1, 0.15) is 0 Å². The predicted octanol–water partition coefficient (Wildman–Crippen LogP) is 1.33. The normalized spacial score (nSPS) is 18.3. The van der Waals surface area contributed by atoms with Gasteiger partial charge in [-0.25, -0.2) is 4.98 Å². The van der Waals surface area contributed by atoms with Crippen molar-refractivity contribution in [2.24, 2.45) is 0 Å². The van der Waals surface area contributed by atoms with Gasteiger partial charge in [0, 0.05) is 13.5 Å². The van der Waals surface area contributed by atoms with Gasteiger partial charge in [0.05, 0.1) is 11.3 Å². The van der Waals surface area contributed by atoms with Crippen molar-refractivity contribution in [1.29, 1.82) is 0 Å². The highest BCUT2D eigenvalue weighted by molar-refractivity contribution is 5.92. The van der Waals surface area contributed by atoms with Gasteiger partial charge in [-0.3, -0.25) is 4.79 Å². The Labute approximate surface area is 100 Å². The molecule has 0 unspecified atom stereocenters. The second kappa shape index (κ2) is 4.49. The van der Waals surface area contributed by atoms with Crippen LogP contribution in [0.15, 0.2) is 4.42 Å². The number of aliphatic hydroxyl groups is 1. The van der Waals surface area contributed by atoms with E-state index >= 15 is 0 Å². The van der Waals surface area contributed by atoms with E-state index in [0.29, 0.717) is 11.6 Å². The number of carbonyl (C=O) groups excluding carboxylic acids is 1. The molecule has 94 valence electrons. The molecular weight excluding hydrogens is 220 g/mol. The molecule has 0 atom stereocenters. The second-order valence-electron chi connectivity index (χ2n) is 4.76. The lowest BCUT2D eigenvalue weighted by atomic mass is 10.0. The van der Waals surface area contributed by atoms with Crippen LogP contribution in [0.25, 0.3) is 0 Å². The predicted molar refractivity (Wildman–Crippen MR) is 61.7 cm³/mol. The van der Waals surface area contributed by atoms with Gasteiger partial charge in [0.2, 0.25) is 5.76 Å². The SMILES string of the molecule is Cc1nc(C)c(C(=O)NCC2(O)CCCC2)o1. The zero-order valence-electron chi connectivity index (χ0n) is 10.2.